The Kier molecular flexibility index (Phi) is 4.93. The molecule has 3 heterocycles. The Bertz CT molecular complexity index is 825. The topological polar surface area (TPSA) is 98.9 Å². The molecule has 0 saturated carbocycles. The lowest BCUT2D eigenvalue weighted by Crippen LogP contribution is -2.29. The van der Waals surface area contributed by atoms with Crippen LogP contribution in [0.25, 0.3) is 5.82 Å². The van der Waals surface area contributed by atoms with Crippen LogP contribution in [0.15, 0.2) is 42.9 Å². The number of anilines is 1. The van der Waals surface area contributed by atoms with Crippen LogP contribution < -0.4 is 15.4 Å². The number of nitrogens with zero attached hydrogens (tertiary/aromatic N) is 5. The zero-order valence-corrected chi connectivity index (χ0v) is 14.0. The second-order valence-electron chi connectivity index (χ2n) is 5.28. The molecule has 0 unspecified atom stereocenters. The molecule has 0 saturated heterocycles. The van der Waals surface area contributed by atoms with Crippen molar-refractivity contribution in [2.24, 2.45) is 7.05 Å². The van der Waals surface area contributed by atoms with Crippen molar-refractivity contribution < 1.29 is 9.53 Å². The maximum atomic E-state index is 12.1. The van der Waals surface area contributed by atoms with Crippen LogP contribution in [0.3, 0.4) is 0 Å². The highest BCUT2D eigenvalue weighted by molar-refractivity contribution is 5.96. The first kappa shape index (κ1) is 16.5. The van der Waals surface area contributed by atoms with Crippen molar-refractivity contribution in [3.8, 4) is 11.7 Å². The van der Waals surface area contributed by atoms with Gasteiger partial charge in [-0.25, -0.2) is 0 Å². The molecule has 0 bridgehead atoms. The molecule has 0 radical (unpaired) electrons. The first-order valence-electron chi connectivity index (χ1n) is 7.74. The van der Waals surface area contributed by atoms with Crippen molar-refractivity contribution in [3.63, 3.8) is 0 Å². The Morgan fingerprint density at radius 1 is 1.20 bits per heavy atom. The highest BCUT2D eigenvalue weighted by atomic mass is 16.5. The Hall–Kier alpha value is -3.36. The predicted octanol–water partition coefficient (Wildman–Crippen LogP) is 0.851. The van der Waals surface area contributed by atoms with Crippen LogP contribution in [0, 0.1) is 0 Å². The van der Waals surface area contributed by atoms with Crippen LogP contribution in [-0.2, 0) is 7.05 Å². The molecule has 3 rings (SSSR count). The van der Waals surface area contributed by atoms with Gasteiger partial charge >= 0.3 is 0 Å². The summed E-state index contributed by atoms with van der Waals surface area (Å²) in [6.45, 7) is 0.948. The first-order chi connectivity index (χ1) is 12.2. The fourth-order valence-electron chi connectivity index (χ4n) is 2.28. The third-order valence-electron chi connectivity index (χ3n) is 3.47. The molecule has 1 amide bonds. The molecule has 0 aliphatic heterocycles. The van der Waals surface area contributed by atoms with E-state index in [-0.39, 0.29) is 5.91 Å². The number of rotatable bonds is 7. The zero-order valence-electron chi connectivity index (χ0n) is 14.0. The lowest BCUT2D eigenvalue weighted by molar-refractivity contribution is 0.0952. The molecule has 9 nitrogen and oxygen atoms in total. The van der Waals surface area contributed by atoms with Crippen LogP contribution >= 0.6 is 0 Å². The second-order valence-corrected chi connectivity index (χ2v) is 5.28. The largest absolute Gasteiger partial charge is 0.479 e. The van der Waals surface area contributed by atoms with Crippen molar-refractivity contribution in [1.29, 1.82) is 0 Å². The minimum absolute atomic E-state index is 0.235. The molecule has 3 aromatic rings. The van der Waals surface area contributed by atoms with Gasteiger partial charge < -0.3 is 19.9 Å². The number of carbonyl (C=O) groups is 1. The average molecular weight is 341 g/mol. The molecule has 130 valence electrons. The standard InChI is InChI=1S/C16H19N7O2/c1-22-11-12(16(21-22)25-2)15(24)18-8-7-17-13-5-6-14(20-19-13)23-9-3-4-10-23/h3-6,9-11H,7-8H2,1-2H3,(H,17,19)(H,18,24). The van der Waals surface area contributed by atoms with Crippen LogP contribution in [0.5, 0.6) is 5.88 Å². The number of methoxy groups -OCH3 is 1. The lowest BCUT2D eigenvalue weighted by atomic mass is 10.3. The van der Waals surface area contributed by atoms with E-state index in [1.54, 1.807) is 13.2 Å². The monoisotopic (exact) mass is 341 g/mol. The molecule has 0 aromatic carbocycles. The van der Waals surface area contributed by atoms with E-state index in [0.29, 0.717) is 30.4 Å². The van der Waals surface area contributed by atoms with Gasteiger partial charge in [-0.15, -0.1) is 15.3 Å². The highest BCUT2D eigenvalue weighted by Crippen LogP contribution is 2.14. The average Bonchev–Trinajstić information content (AvgIpc) is 3.28. The van der Waals surface area contributed by atoms with Crippen LogP contribution in [0.2, 0.25) is 0 Å². The maximum absolute atomic E-state index is 12.1. The molecule has 0 atom stereocenters. The van der Waals surface area contributed by atoms with Crippen LogP contribution in [-0.4, -0.2) is 50.7 Å². The molecule has 25 heavy (non-hydrogen) atoms. The number of hydrogen-bond donors (Lipinski definition) is 2. The SMILES string of the molecule is COc1nn(C)cc1C(=O)NCCNc1ccc(-n2cccc2)nn1. The van der Waals surface area contributed by atoms with Gasteiger partial charge in [-0.1, -0.05) is 0 Å². The summed E-state index contributed by atoms with van der Waals surface area (Å²) in [5, 5.41) is 18.2. The second kappa shape index (κ2) is 7.47. The molecule has 0 spiro atoms. The number of aryl methyl sites for hydroxylation is 1. The summed E-state index contributed by atoms with van der Waals surface area (Å²) >= 11 is 0. The van der Waals surface area contributed by atoms with E-state index >= 15 is 0 Å². The van der Waals surface area contributed by atoms with E-state index in [1.165, 1.54) is 11.8 Å². The fourth-order valence-corrected chi connectivity index (χ4v) is 2.28. The molecule has 0 fully saturated rings. The third kappa shape index (κ3) is 3.94. The van der Waals surface area contributed by atoms with Crippen molar-refractivity contribution in [2.75, 3.05) is 25.5 Å². The van der Waals surface area contributed by atoms with Crippen molar-refractivity contribution >= 4 is 11.7 Å². The number of carbonyl (C=O) groups excluding carboxylic acids is 1. The predicted molar refractivity (Wildman–Crippen MR) is 91.9 cm³/mol. The quantitative estimate of drug-likeness (QED) is 0.618. The van der Waals surface area contributed by atoms with Crippen molar-refractivity contribution in [2.45, 2.75) is 0 Å². The van der Waals surface area contributed by atoms with Gasteiger partial charge in [0.1, 0.15) is 11.4 Å². The van der Waals surface area contributed by atoms with E-state index in [1.807, 2.05) is 41.2 Å². The fraction of sp³-hybridized carbons (Fsp3) is 0.250. The highest BCUT2D eigenvalue weighted by Gasteiger charge is 2.15. The smallest absolute Gasteiger partial charge is 0.258 e. The summed E-state index contributed by atoms with van der Waals surface area (Å²) in [7, 11) is 3.22. The number of ether oxygens (including phenoxy) is 1. The number of hydrogen-bond acceptors (Lipinski definition) is 6. The van der Waals surface area contributed by atoms with Gasteiger partial charge in [0.25, 0.3) is 5.91 Å². The number of nitrogens with one attached hydrogen (secondary N) is 2. The maximum Gasteiger partial charge on any atom is 0.258 e. The van der Waals surface area contributed by atoms with Crippen molar-refractivity contribution in [1.82, 2.24) is 29.9 Å². The minimum atomic E-state index is -0.235. The Balaban J connectivity index is 1.47. The van der Waals surface area contributed by atoms with E-state index in [2.05, 4.69) is 25.9 Å². The van der Waals surface area contributed by atoms with Crippen LogP contribution in [0.1, 0.15) is 10.4 Å². The third-order valence-corrected chi connectivity index (χ3v) is 3.47. The number of aromatic nitrogens is 5. The summed E-state index contributed by atoms with van der Waals surface area (Å²) in [6.07, 6.45) is 5.42. The van der Waals surface area contributed by atoms with E-state index in [9.17, 15) is 4.79 Å². The van der Waals surface area contributed by atoms with Crippen LogP contribution in [0.4, 0.5) is 5.82 Å². The number of amides is 1. The zero-order chi connectivity index (χ0) is 17.6. The van der Waals surface area contributed by atoms with Gasteiger partial charge in [0, 0.05) is 38.7 Å². The Morgan fingerprint density at radius 2 is 2.00 bits per heavy atom. The van der Waals surface area contributed by atoms with E-state index < -0.39 is 0 Å². The Morgan fingerprint density at radius 3 is 2.68 bits per heavy atom. The minimum Gasteiger partial charge on any atom is -0.479 e. The molecular formula is C16H19N7O2. The summed E-state index contributed by atoms with van der Waals surface area (Å²) in [5.41, 5.74) is 0.404. The summed E-state index contributed by atoms with van der Waals surface area (Å²) in [4.78, 5) is 12.1. The molecule has 0 aliphatic rings. The summed E-state index contributed by atoms with van der Waals surface area (Å²) in [5.74, 6) is 1.46. The van der Waals surface area contributed by atoms with Gasteiger partial charge in [-0.2, -0.15) is 0 Å². The summed E-state index contributed by atoms with van der Waals surface area (Å²) in [6, 6.07) is 7.56. The Labute approximate surface area is 144 Å². The normalized spacial score (nSPS) is 10.5. The van der Waals surface area contributed by atoms with Gasteiger partial charge in [-0.05, 0) is 24.3 Å². The summed E-state index contributed by atoms with van der Waals surface area (Å²) < 4.78 is 8.48. The molecule has 3 aromatic heterocycles. The van der Waals surface area contributed by atoms with E-state index in [0.717, 1.165) is 5.82 Å². The lowest BCUT2D eigenvalue weighted by Gasteiger charge is -2.07. The van der Waals surface area contributed by atoms with Gasteiger partial charge in [0.15, 0.2) is 5.82 Å². The van der Waals surface area contributed by atoms with Gasteiger partial charge in [0.05, 0.1) is 7.11 Å². The van der Waals surface area contributed by atoms with E-state index in [4.69, 9.17) is 4.74 Å². The van der Waals surface area contributed by atoms with Crippen molar-refractivity contribution in [3.05, 3.63) is 48.4 Å². The van der Waals surface area contributed by atoms with Gasteiger partial charge in [0.2, 0.25) is 5.88 Å². The molecule has 9 heteroatoms. The molecular weight excluding hydrogens is 322 g/mol. The molecule has 0 aliphatic carbocycles. The first-order valence-corrected chi connectivity index (χ1v) is 7.74. The van der Waals surface area contributed by atoms with Gasteiger partial charge in [-0.3, -0.25) is 9.48 Å². The molecule has 2 N–H and O–H groups in total.